The van der Waals surface area contributed by atoms with Gasteiger partial charge in [-0.3, -0.25) is 4.79 Å². The van der Waals surface area contributed by atoms with E-state index < -0.39 is 0 Å². The van der Waals surface area contributed by atoms with Crippen molar-refractivity contribution < 1.29 is 4.79 Å². The van der Waals surface area contributed by atoms with Gasteiger partial charge < -0.3 is 11.1 Å². The molecule has 1 fully saturated rings. The molecule has 1 saturated carbocycles. The van der Waals surface area contributed by atoms with Crippen molar-refractivity contribution in [1.29, 1.82) is 0 Å². The van der Waals surface area contributed by atoms with Crippen molar-refractivity contribution in [2.45, 2.75) is 57.5 Å². The number of carbonyl (C=O) groups is 1. The first-order chi connectivity index (χ1) is 8.70. The molecule has 1 aromatic heterocycles. The first-order valence-electron chi connectivity index (χ1n) is 6.72. The number of nitrogens with two attached hydrogens (primary N) is 1. The third kappa shape index (κ3) is 3.29. The molecular formula is C13H21N3OS. The van der Waals surface area contributed by atoms with Crippen molar-refractivity contribution >= 4 is 17.2 Å². The molecule has 4 nitrogen and oxygen atoms in total. The van der Waals surface area contributed by atoms with Gasteiger partial charge in [0.25, 0.3) is 5.91 Å². The van der Waals surface area contributed by atoms with Gasteiger partial charge in [0.15, 0.2) is 0 Å². The van der Waals surface area contributed by atoms with Crippen LogP contribution >= 0.6 is 11.3 Å². The quantitative estimate of drug-likeness (QED) is 0.877. The van der Waals surface area contributed by atoms with Crippen LogP contribution in [0, 0.1) is 0 Å². The minimum absolute atomic E-state index is 0.0165. The van der Waals surface area contributed by atoms with Crippen LogP contribution < -0.4 is 11.1 Å². The summed E-state index contributed by atoms with van der Waals surface area (Å²) in [6.45, 7) is 2.11. The van der Waals surface area contributed by atoms with Gasteiger partial charge in [0.05, 0.1) is 11.2 Å². The predicted molar refractivity (Wildman–Crippen MR) is 73.8 cm³/mol. The van der Waals surface area contributed by atoms with Crippen molar-refractivity contribution in [1.82, 2.24) is 10.3 Å². The zero-order valence-corrected chi connectivity index (χ0v) is 11.6. The lowest BCUT2D eigenvalue weighted by molar-refractivity contribution is 0.0925. The highest BCUT2D eigenvalue weighted by Gasteiger charge is 2.24. The fraction of sp³-hybridized carbons (Fsp3) is 0.692. The normalized spacial score (nSPS) is 23.9. The number of amides is 1. The molecule has 1 amide bonds. The molecule has 1 aromatic rings. The van der Waals surface area contributed by atoms with Gasteiger partial charge in [-0.05, 0) is 25.7 Å². The number of nitrogens with zero attached hydrogens (tertiary/aromatic N) is 1. The van der Waals surface area contributed by atoms with Gasteiger partial charge >= 0.3 is 0 Å². The van der Waals surface area contributed by atoms with Gasteiger partial charge in [0.2, 0.25) is 0 Å². The average molecular weight is 267 g/mol. The van der Waals surface area contributed by atoms with E-state index in [-0.39, 0.29) is 18.0 Å². The van der Waals surface area contributed by atoms with Gasteiger partial charge in [-0.25, -0.2) is 4.98 Å². The van der Waals surface area contributed by atoms with Gasteiger partial charge in [-0.2, -0.15) is 0 Å². The zero-order valence-electron chi connectivity index (χ0n) is 10.8. The maximum Gasteiger partial charge on any atom is 0.263 e. The standard InChI is InChI=1S/C13H21N3OS/c1-2-5-12-15-8-11(18-12)13(17)16-10-7-4-3-6-9(10)14/h8-10H,2-7,14H2,1H3,(H,16,17)/t9-,10-/m1/s1. The molecule has 0 unspecified atom stereocenters. The first kappa shape index (κ1) is 13.5. The summed E-state index contributed by atoms with van der Waals surface area (Å²) in [5.74, 6) is -0.0165. The average Bonchev–Trinajstić information content (AvgIpc) is 2.81. The van der Waals surface area contributed by atoms with Crippen molar-refractivity contribution in [3.8, 4) is 0 Å². The molecule has 1 aliphatic rings. The maximum atomic E-state index is 12.1. The Morgan fingerprint density at radius 1 is 1.56 bits per heavy atom. The summed E-state index contributed by atoms with van der Waals surface area (Å²) in [6.07, 6.45) is 8.02. The Morgan fingerprint density at radius 2 is 2.33 bits per heavy atom. The van der Waals surface area contributed by atoms with Crippen LogP contribution in [0.15, 0.2) is 6.20 Å². The predicted octanol–water partition coefficient (Wildman–Crippen LogP) is 2.10. The molecule has 0 bridgehead atoms. The third-order valence-corrected chi connectivity index (χ3v) is 4.43. The Morgan fingerprint density at radius 3 is 3.06 bits per heavy atom. The number of rotatable bonds is 4. The molecular weight excluding hydrogens is 246 g/mol. The lowest BCUT2D eigenvalue weighted by atomic mass is 9.91. The van der Waals surface area contributed by atoms with Crippen LogP contribution in [0.2, 0.25) is 0 Å². The molecule has 0 aromatic carbocycles. The second-order valence-corrected chi connectivity index (χ2v) is 6.01. The number of aromatic nitrogens is 1. The van der Waals surface area contributed by atoms with Gasteiger partial charge in [0, 0.05) is 12.1 Å². The highest BCUT2D eigenvalue weighted by Crippen LogP contribution is 2.19. The minimum atomic E-state index is -0.0165. The number of carbonyl (C=O) groups excluding carboxylic acids is 1. The smallest absolute Gasteiger partial charge is 0.263 e. The minimum Gasteiger partial charge on any atom is -0.347 e. The van der Waals surface area contributed by atoms with Crippen LogP contribution in [-0.2, 0) is 6.42 Å². The van der Waals surface area contributed by atoms with Gasteiger partial charge in [-0.15, -0.1) is 11.3 Å². The van der Waals surface area contributed by atoms with E-state index in [4.69, 9.17) is 5.73 Å². The van der Waals surface area contributed by atoms with Gasteiger partial charge in [-0.1, -0.05) is 19.8 Å². The lowest BCUT2D eigenvalue weighted by Gasteiger charge is -2.29. The number of thiazole rings is 1. The summed E-state index contributed by atoms with van der Waals surface area (Å²) in [5.41, 5.74) is 6.03. The Labute approximate surface area is 112 Å². The molecule has 2 rings (SSSR count). The van der Waals surface area contributed by atoms with E-state index in [0.717, 1.165) is 37.1 Å². The summed E-state index contributed by atoms with van der Waals surface area (Å²) in [6, 6.07) is 0.230. The van der Waals surface area contributed by atoms with Crippen LogP contribution in [-0.4, -0.2) is 23.0 Å². The van der Waals surface area contributed by atoms with E-state index in [1.165, 1.54) is 17.8 Å². The lowest BCUT2D eigenvalue weighted by Crippen LogP contribution is -2.49. The molecule has 0 radical (unpaired) electrons. The van der Waals surface area contributed by atoms with E-state index in [1.807, 2.05) is 0 Å². The molecule has 0 aliphatic heterocycles. The molecule has 0 saturated heterocycles. The Balaban J connectivity index is 1.93. The zero-order chi connectivity index (χ0) is 13.0. The van der Waals surface area contributed by atoms with Crippen molar-refractivity contribution in [2.75, 3.05) is 0 Å². The topological polar surface area (TPSA) is 68.0 Å². The molecule has 5 heteroatoms. The van der Waals surface area contributed by atoms with Crippen LogP contribution in [0.1, 0.15) is 53.7 Å². The Hall–Kier alpha value is -0.940. The molecule has 100 valence electrons. The maximum absolute atomic E-state index is 12.1. The van der Waals surface area contributed by atoms with Crippen LogP contribution in [0.5, 0.6) is 0 Å². The van der Waals surface area contributed by atoms with Crippen LogP contribution in [0.25, 0.3) is 0 Å². The highest BCUT2D eigenvalue weighted by atomic mass is 32.1. The molecule has 1 aliphatic carbocycles. The SMILES string of the molecule is CCCc1ncc(C(=O)N[C@@H]2CCCC[C@H]2N)s1. The largest absolute Gasteiger partial charge is 0.347 e. The summed E-state index contributed by atoms with van der Waals surface area (Å²) in [7, 11) is 0. The Kier molecular flexibility index (Phi) is 4.72. The second kappa shape index (κ2) is 6.29. The fourth-order valence-electron chi connectivity index (χ4n) is 2.32. The van der Waals surface area contributed by atoms with Crippen molar-refractivity contribution in [2.24, 2.45) is 5.73 Å². The van der Waals surface area contributed by atoms with Crippen molar-refractivity contribution in [3.63, 3.8) is 0 Å². The second-order valence-electron chi connectivity index (χ2n) is 4.90. The summed E-state index contributed by atoms with van der Waals surface area (Å²) < 4.78 is 0. The molecule has 18 heavy (non-hydrogen) atoms. The summed E-state index contributed by atoms with van der Waals surface area (Å²) >= 11 is 1.49. The van der Waals surface area contributed by atoms with E-state index in [9.17, 15) is 4.79 Å². The third-order valence-electron chi connectivity index (χ3n) is 3.38. The number of aryl methyl sites for hydroxylation is 1. The molecule has 3 N–H and O–H groups in total. The first-order valence-corrected chi connectivity index (χ1v) is 7.53. The Bertz CT molecular complexity index is 405. The molecule has 0 spiro atoms. The highest BCUT2D eigenvalue weighted by molar-refractivity contribution is 7.13. The summed E-state index contributed by atoms with van der Waals surface area (Å²) in [4.78, 5) is 17.1. The number of nitrogens with one attached hydrogen (secondary N) is 1. The molecule has 1 heterocycles. The van der Waals surface area contributed by atoms with E-state index >= 15 is 0 Å². The fourth-order valence-corrected chi connectivity index (χ4v) is 3.25. The van der Waals surface area contributed by atoms with E-state index in [1.54, 1.807) is 6.20 Å². The van der Waals surface area contributed by atoms with Crippen LogP contribution in [0.4, 0.5) is 0 Å². The number of hydrogen-bond acceptors (Lipinski definition) is 4. The van der Waals surface area contributed by atoms with E-state index in [0.29, 0.717) is 4.88 Å². The number of hydrogen-bond donors (Lipinski definition) is 2. The van der Waals surface area contributed by atoms with Crippen LogP contribution in [0.3, 0.4) is 0 Å². The summed E-state index contributed by atoms with van der Waals surface area (Å²) in [5, 5.41) is 4.08. The monoisotopic (exact) mass is 267 g/mol. The van der Waals surface area contributed by atoms with Crippen molar-refractivity contribution in [3.05, 3.63) is 16.1 Å². The molecule has 2 atom stereocenters. The van der Waals surface area contributed by atoms with Gasteiger partial charge in [0.1, 0.15) is 4.88 Å². The van der Waals surface area contributed by atoms with E-state index in [2.05, 4.69) is 17.2 Å².